The van der Waals surface area contributed by atoms with Gasteiger partial charge in [-0.05, 0) is 0 Å². The summed E-state index contributed by atoms with van der Waals surface area (Å²) < 4.78 is 3.97. The standard InChI is InChI=1S/C4H2O3.H3P/c5-3-1-2-4(6)7-3;/h1-2H;1H3. The first kappa shape index (κ1) is 7.31. The van der Waals surface area contributed by atoms with E-state index in [0.717, 1.165) is 12.2 Å². The minimum absolute atomic E-state index is 0. The molecule has 1 atom stereocenters. The van der Waals surface area contributed by atoms with Gasteiger partial charge < -0.3 is 4.74 Å². The molecule has 3 nitrogen and oxygen atoms in total. The first-order chi connectivity index (χ1) is 3.29. The van der Waals surface area contributed by atoms with Gasteiger partial charge in [0.25, 0.3) is 0 Å². The van der Waals surface area contributed by atoms with Crippen molar-refractivity contribution in [3.63, 3.8) is 0 Å². The third kappa shape index (κ3) is 1.43. The number of carbonyl (C=O) groups is 2. The van der Waals surface area contributed by atoms with Crippen LogP contribution in [0.25, 0.3) is 0 Å². The summed E-state index contributed by atoms with van der Waals surface area (Å²) in [5.41, 5.74) is 0. The molecular weight excluding hydrogens is 127 g/mol. The van der Waals surface area contributed by atoms with E-state index in [1.165, 1.54) is 0 Å². The van der Waals surface area contributed by atoms with E-state index in [9.17, 15) is 9.59 Å². The molecule has 0 bridgehead atoms. The van der Waals surface area contributed by atoms with Crippen LogP contribution in [0, 0.1) is 0 Å². The fraction of sp³-hybridized carbons (Fsp3) is 0. The molecule has 1 unspecified atom stereocenters. The second-order valence-electron chi connectivity index (χ2n) is 1.07. The Balaban J connectivity index is 0.000000490. The molecule has 1 aliphatic heterocycles. The van der Waals surface area contributed by atoms with E-state index in [0.29, 0.717) is 0 Å². The van der Waals surface area contributed by atoms with Crippen LogP contribution in [0.4, 0.5) is 0 Å². The molecule has 0 saturated heterocycles. The third-order valence-electron chi connectivity index (χ3n) is 0.557. The van der Waals surface area contributed by atoms with Gasteiger partial charge in [-0.1, -0.05) is 0 Å². The highest BCUT2D eigenvalue weighted by atomic mass is 31.0. The third-order valence-corrected chi connectivity index (χ3v) is 0.557. The van der Waals surface area contributed by atoms with Crippen molar-refractivity contribution in [3.05, 3.63) is 12.2 Å². The average molecular weight is 132 g/mol. The Bertz CT molecular complexity index is 133. The van der Waals surface area contributed by atoms with Crippen molar-refractivity contribution >= 4 is 21.8 Å². The monoisotopic (exact) mass is 132 g/mol. The number of carbonyl (C=O) groups excluding carboxylic acids is 2. The highest BCUT2D eigenvalue weighted by Gasteiger charge is 2.10. The lowest BCUT2D eigenvalue weighted by molar-refractivity contribution is -0.150. The van der Waals surface area contributed by atoms with Crippen molar-refractivity contribution < 1.29 is 14.3 Å². The van der Waals surface area contributed by atoms with Crippen molar-refractivity contribution in [2.45, 2.75) is 0 Å². The number of hydrogen-bond donors (Lipinski definition) is 0. The number of hydrogen-bond acceptors (Lipinski definition) is 3. The van der Waals surface area contributed by atoms with Crippen molar-refractivity contribution in [2.75, 3.05) is 0 Å². The Morgan fingerprint density at radius 3 is 1.62 bits per heavy atom. The van der Waals surface area contributed by atoms with Crippen LogP contribution in [0.5, 0.6) is 0 Å². The predicted octanol–water partition coefficient (Wildman–Crippen LogP) is -0.316. The minimum Gasteiger partial charge on any atom is -0.387 e. The van der Waals surface area contributed by atoms with Crippen LogP contribution in [-0.2, 0) is 14.3 Å². The lowest BCUT2D eigenvalue weighted by Crippen LogP contribution is -1.96. The SMILES string of the molecule is O=C1C=CC(=O)O1.P. The maximum absolute atomic E-state index is 9.92. The lowest BCUT2D eigenvalue weighted by atomic mass is 10.6. The average Bonchev–Trinajstić information content (AvgIpc) is 1.87. The van der Waals surface area contributed by atoms with Gasteiger partial charge in [-0.15, -0.1) is 0 Å². The van der Waals surface area contributed by atoms with Gasteiger partial charge in [0.2, 0.25) is 0 Å². The number of esters is 2. The summed E-state index contributed by atoms with van der Waals surface area (Å²) in [6, 6.07) is 0. The quantitative estimate of drug-likeness (QED) is 0.258. The van der Waals surface area contributed by atoms with E-state index >= 15 is 0 Å². The van der Waals surface area contributed by atoms with Gasteiger partial charge in [0.1, 0.15) is 0 Å². The van der Waals surface area contributed by atoms with E-state index in [4.69, 9.17) is 0 Å². The molecule has 0 radical (unpaired) electrons. The molecule has 1 rings (SSSR count). The van der Waals surface area contributed by atoms with E-state index < -0.39 is 11.9 Å². The topological polar surface area (TPSA) is 43.4 Å². The smallest absolute Gasteiger partial charge is 0.338 e. The van der Waals surface area contributed by atoms with Gasteiger partial charge in [-0.2, -0.15) is 9.90 Å². The molecular formula is C4H5O3P. The van der Waals surface area contributed by atoms with Crippen molar-refractivity contribution in [3.8, 4) is 0 Å². The maximum Gasteiger partial charge on any atom is 0.338 e. The van der Waals surface area contributed by atoms with Gasteiger partial charge in [0, 0.05) is 12.2 Å². The van der Waals surface area contributed by atoms with Gasteiger partial charge in [0.05, 0.1) is 0 Å². The van der Waals surface area contributed by atoms with E-state index in [1.54, 1.807) is 0 Å². The van der Waals surface area contributed by atoms with Crippen molar-refractivity contribution in [1.82, 2.24) is 0 Å². The van der Waals surface area contributed by atoms with Crippen LogP contribution >= 0.6 is 9.90 Å². The molecule has 0 fully saturated rings. The predicted molar refractivity (Wildman–Crippen MR) is 31.3 cm³/mol. The van der Waals surface area contributed by atoms with Gasteiger partial charge in [-0.25, -0.2) is 9.59 Å². The molecule has 0 N–H and O–H groups in total. The zero-order valence-electron chi connectivity index (χ0n) is 4.09. The minimum atomic E-state index is -0.579. The summed E-state index contributed by atoms with van der Waals surface area (Å²) in [5, 5.41) is 0. The van der Waals surface area contributed by atoms with Gasteiger partial charge in [0.15, 0.2) is 0 Å². The summed E-state index contributed by atoms with van der Waals surface area (Å²) >= 11 is 0. The zero-order valence-corrected chi connectivity index (χ0v) is 5.50. The van der Waals surface area contributed by atoms with E-state index in [1.807, 2.05) is 0 Å². The Morgan fingerprint density at radius 2 is 1.50 bits per heavy atom. The second-order valence-corrected chi connectivity index (χ2v) is 1.07. The Hall–Kier alpha value is -0.690. The molecule has 0 aromatic rings. The van der Waals surface area contributed by atoms with Gasteiger partial charge in [-0.3, -0.25) is 0 Å². The molecule has 0 amide bonds. The first-order valence-corrected chi connectivity index (χ1v) is 1.73. The molecule has 0 saturated carbocycles. The second kappa shape index (κ2) is 2.58. The molecule has 0 aromatic carbocycles. The van der Waals surface area contributed by atoms with Crippen LogP contribution in [0.15, 0.2) is 12.2 Å². The van der Waals surface area contributed by atoms with Crippen LogP contribution in [0.3, 0.4) is 0 Å². The zero-order chi connectivity index (χ0) is 5.28. The van der Waals surface area contributed by atoms with Crippen LogP contribution in [0.1, 0.15) is 0 Å². The largest absolute Gasteiger partial charge is 0.387 e. The van der Waals surface area contributed by atoms with Crippen molar-refractivity contribution in [1.29, 1.82) is 0 Å². The highest BCUT2D eigenvalue weighted by Crippen LogP contribution is 1.92. The summed E-state index contributed by atoms with van der Waals surface area (Å²) in [7, 11) is 0. The highest BCUT2D eigenvalue weighted by molar-refractivity contribution is 6.92. The summed E-state index contributed by atoms with van der Waals surface area (Å²) in [6.07, 6.45) is 2.17. The molecule has 0 spiro atoms. The fourth-order valence-electron chi connectivity index (χ4n) is 0.303. The molecule has 4 heteroatoms. The number of rotatable bonds is 0. The molecule has 1 aliphatic rings. The molecule has 44 valence electrons. The first-order valence-electron chi connectivity index (χ1n) is 1.73. The number of ether oxygens (including phenoxy) is 1. The summed E-state index contributed by atoms with van der Waals surface area (Å²) in [4.78, 5) is 19.8. The Morgan fingerprint density at radius 1 is 1.12 bits per heavy atom. The van der Waals surface area contributed by atoms with Gasteiger partial charge >= 0.3 is 11.9 Å². The van der Waals surface area contributed by atoms with Crippen molar-refractivity contribution in [2.24, 2.45) is 0 Å². The fourth-order valence-corrected chi connectivity index (χ4v) is 0.303. The lowest BCUT2D eigenvalue weighted by Gasteiger charge is -1.80. The molecule has 8 heavy (non-hydrogen) atoms. The summed E-state index contributed by atoms with van der Waals surface area (Å²) in [6.45, 7) is 0. The van der Waals surface area contributed by atoms with Crippen LogP contribution in [0.2, 0.25) is 0 Å². The molecule has 0 aliphatic carbocycles. The summed E-state index contributed by atoms with van der Waals surface area (Å²) in [5.74, 6) is -1.16. The van der Waals surface area contributed by atoms with Crippen LogP contribution in [-0.4, -0.2) is 11.9 Å². The maximum atomic E-state index is 9.92. The molecule has 0 aromatic heterocycles. The normalized spacial score (nSPS) is 15.5. The van der Waals surface area contributed by atoms with E-state index in [-0.39, 0.29) is 9.90 Å². The van der Waals surface area contributed by atoms with Crippen LogP contribution < -0.4 is 0 Å². The number of cyclic esters (lactones) is 2. The Kier molecular flexibility index (Phi) is 2.35. The van der Waals surface area contributed by atoms with E-state index in [2.05, 4.69) is 4.74 Å². The Labute approximate surface area is 49.3 Å². The molecule has 1 heterocycles.